The second-order valence-electron chi connectivity index (χ2n) is 7.28. The Labute approximate surface area is 195 Å². The minimum absolute atomic E-state index is 0.0418. The van der Waals surface area contributed by atoms with Gasteiger partial charge in [-0.25, -0.2) is 4.39 Å². The number of nitrogens with one attached hydrogen (secondary N) is 1. The molecule has 2 aromatic carbocycles. The third-order valence-corrected chi connectivity index (χ3v) is 5.86. The number of hydrogen-bond donors (Lipinski definition) is 1. The molecule has 0 radical (unpaired) electrons. The highest BCUT2D eigenvalue weighted by atomic mass is 35.5. The third kappa shape index (κ3) is 5.31. The average Bonchev–Trinajstić information content (AvgIpc) is 2.80. The molecule has 168 valence electrons. The van der Waals surface area contributed by atoms with Gasteiger partial charge in [0, 0.05) is 13.6 Å². The van der Waals surface area contributed by atoms with Crippen molar-refractivity contribution < 1.29 is 13.9 Å². The minimum atomic E-state index is -0.621. The van der Waals surface area contributed by atoms with E-state index in [2.05, 4.69) is 5.32 Å². The van der Waals surface area contributed by atoms with E-state index in [4.69, 9.17) is 27.9 Å². The van der Waals surface area contributed by atoms with Gasteiger partial charge in [-0.2, -0.15) is 0 Å². The summed E-state index contributed by atoms with van der Waals surface area (Å²) in [5, 5.41) is 3.81. The predicted molar refractivity (Wildman–Crippen MR) is 126 cm³/mol. The van der Waals surface area contributed by atoms with Crippen molar-refractivity contribution in [3.8, 4) is 17.0 Å². The first kappa shape index (κ1) is 23.8. The molecule has 1 heterocycles. The van der Waals surface area contributed by atoms with Crippen LogP contribution in [0.4, 0.5) is 4.39 Å². The van der Waals surface area contributed by atoms with Crippen molar-refractivity contribution in [3.63, 3.8) is 0 Å². The number of nitrogens with zero attached hydrogens (tertiary/aromatic N) is 1. The van der Waals surface area contributed by atoms with Crippen molar-refractivity contribution in [2.75, 3.05) is 13.7 Å². The van der Waals surface area contributed by atoms with Gasteiger partial charge in [0.2, 0.25) is 0 Å². The van der Waals surface area contributed by atoms with Crippen LogP contribution in [0.1, 0.15) is 27.9 Å². The number of benzene rings is 2. The van der Waals surface area contributed by atoms with Crippen molar-refractivity contribution in [3.05, 3.63) is 85.6 Å². The molecule has 0 aliphatic carbocycles. The number of hydrogen-bond acceptors (Lipinski definition) is 3. The highest BCUT2D eigenvalue weighted by molar-refractivity contribution is 6.42. The van der Waals surface area contributed by atoms with Gasteiger partial charge >= 0.3 is 0 Å². The zero-order valence-electron chi connectivity index (χ0n) is 17.8. The summed E-state index contributed by atoms with van der Waals surface area (Å²) in [5.74, 6) is -0.462. The number of aromatic nitrogens is 1. The number of aryl methyl sites for hydroxylation is 1. The summed E-state index contributed by atoms with van der Waals surface area (Å²) in [6.45, 7) is -0.228. The van der Waals surface area contributed by atoms with Crippen molar-refractivity contribution in [2.24, 2.45) is 7.05 Å². The molecule has 3 rings (SSSR count). The van der Waals surface area contributed by atoms with E-state index >= 15 is 0 Å². The van der Waals surface area contributed by atoms with Crippen LogP contribution in [-0.4, -0.2) is 24.1 Å². The fourth-order valence-corrected chi connectivity index (χ4v) is 3.74. The van der Waals surface area contributed by atoms with Gasteiger partial charge in [0.15, 0.2) is 5.75 Å². The van der Waals surface area contributed by atoms with Crippen LogP contribution >= 0.6 is 23.2 Å². The normalized spacial score (nSPS) is 10.8. The molecular formula is C24H23Cl2FN2O3. The third-order valence-electron chi connectivity index (χ3n) is 5.12. The van der Waals surface area contributed by atoms with Crippen LogP contribution in [-0.2, 0) is 20.1 Å². The number of methoxy groups -OCH3 is 1. The number of carbonyl (C=O) groups is 1. The highest BCUT2D eigenvalue weighted by Crippen LogP contribution is 2.25. The molecule has 1 N–H and O–H groups in total. The van der Waals surface area contributed by atoms with Crippen LogP contribution in [0.15, 0.2) is 53.3 Å². The molecule has 0 bridgehead atoms. The molecule has 8 heteroatoms. The van der Waals surface area contributed by atoms with E-state index in [9.17, 15) is 14.0 Å². The number of halogens is 3. The molecule has 0 spiro atoms. The fraction of sp³-hybridized carbons (Fsp3) is 0.250. The summed E-state index contributed by atoms with van der Waals surface area (Å²) in [6.07, 6.45) is 1.37. The van der Waals surface area contributed by atoms with E-state index in [0.717, 1.165) is 5.56 Å². The Hall–Kier alpha value is -2.83. The van der Waals surface area contributed by atoms with Crippen LogP contribution in [0.2, 0.25) is 10.0 Å². The first-order valence-corrected chi connectivity index (χ1v) is 10.8. The summed E-state index contributed by atoms with van der Waals surface area (Å²) >= 11 is 12.0. The van der Waals surface area contributed by atoms with Gasteiger partial charge in [0.25, 0.3) is 11.5 Å². The molecule has 32 heavy (non-hydrogen) atoms. The summed E-state index contributed by atoms with van der Waals surface area (Å²) < 4.78 is 19.7. The van der Waals surface area contributed by atoms with Gasteiger partial charge in [0.05, 0.1) is 28.4 Å². The van der Waals surface area contributed by atoms with Gasteiger partial charge in [0.1, 0.15) is 6.67 Å². The molecule has 0 aliphatic heterocycles. The Kier molecular flexibility index (Phi) is 7.94. The van der Waals surface area contributed by atoms with Gasteiger partial charge in [-0.15, -0.1) is 0 Å². The molecule has 0 atom stereocenters. The van der Waals surface area contributed by atoms with Crippen LogP contribution in [0.25, 0.3) is 11.3 Å². The second kappa shape index (κ2) is 10.7. The molecular weight excluding hydrogens is 454 g/mol. The van der Waals surface area contributed by atoms with Gasteiger partial charge in [-0.3, -0.25) is 9.59 Å². The zero-order valence-corrected chi connectivity index (χ0v) is 19.3. The first-order chi connectivity index (χ1) is 15.3. The van der Waals surface area contributed by atoms with Crippen molar-refractivity contribution in [1.82, 2.24) is 9.88 Å². The molecule has 5 nitrogen and oxygen atoms in total. The van der Waals surface area contributed by atoms with E-state index in [0.29, 0.717) is 46.3 Å². The Bertz CT molecular complexity index is 1190. The highest BCUT2D eigenvalue weighted by Gasteiger charge is 2.20. The molecule has 0 saturated carbocycles. The van der Waals surface area contributed by atoms with Crippen LogP contribution < -0.4 is 15.6 Å². The number of ether oxygens (including phenoxy) is 1. The average molecular weight is 477 g/mol. The van der Waals surface area contributed by atoms with Crippen LogP contribution in [0.5, 0.6) is 5.75 Å². The van der Waals surface area contributed by atoms with E-state index in [1.807, 2.05) is 6.07 Å². The lowest BCUT2D eigenvalue weighted by Gasteiger charge is -2.15. The molecule has 0 fully saturated rings. The standard InChI is InChI=1S/C24H23Cl2FN2O3/c1-29-21(17-7-3-5-16(11-17)14-27)13-18(22(32-2)24(29)31)23(30)28-10-4-6-15-8-9-19(25)20(26)12-15/h3,5,7-9,11-13H,4,6,10,14H2,1-2H3,(H,28,30). The molecule has 0 unspecified atom stereocenters. The topological polar surface area (TPSA) is 60.3 Å². The smallest absolute Gasteiger partial charge is 0.293 e. The quantitative estimate of drug-likeness (QED) is 0.454. The maximum absolute atomic E-state index is 13.1. The van der Waals surface area contributed by atoms with E-state index < -0.39 is 18.1 Å². The summed E-state index contributed by atoms with van der Waals surface area (Å²) in [4.78, 5) is 25.7. The van der Waals surface area contributed by atoms with Crippen LogP contribution in [0.3, 0.4) is 0 Å². The minimum Gasteiger partial charge on any atom is -0.491 e. The Morgan fingerprint density at radius 3 is 2.56 bits per heavy atom. The summed E-state index contributed by atoms with van der Waals surface area (Å²) in [6, 6.07) is 13.8. The number of rotatable bonds is 8. The number of pyridine rings is 1. The lowest BCUT2D eigenvalue weighted by Crippen LogP contribution is -2.29. The first-order valence-electron chi connectivity index (χ1n) is 10.0. The Morgan fingerprint density at radius 2 is 1.88 bits per heavy atom. The Balaban J connectivity index is 1.79. The maximum Gasteiger partial charge on any atom is 0.293 e. The molecule has 1 amide bonds. The SMILES string of the molecule is COc1c(C(=O)NCCCc2ccc(Cl)c(Cl)c2)cc(-c2cccc(CF)c2)n(C)c1=O. The van der Waals surface area contributed by atoms with Crippen molar-refractivity contribution in [1.29, 1.82) is 0 Å². The van der Waals surface area contributed by atoms with E-state index in [1.54, 1.807) is 49.5 Å². The van der Waals surface area contributed by atoms with Gasteiger partial charge in [-0.1, -0.05) is 47.5 Å². The molecule has 3 aromatic rings. The maximum atomic E-state index is 13.1. The van der Waals surface area contributed by atoms with Gasteiger partial charge < -0.3 is 14.6 Å². The lowest BCUT2D eigenvalue weighted by molar-refractivity contribution is 0.0949. The largest absolute Gasteiger partial charge is 0.491 e. The van der Waals surface area contributed by atoms with Crippen molar-refractivity contribution >= 4 is 29.1 Å². The van der Waals surface area contributed by atoms with E-state index in [-0.39, 0.29) is 11.3 Å². The molecule has 0 aliphatic rings. The lowest BCUT2D eigenvalue weighted by atomic mass is 10.0. The predicted octanol–water partition coefficient (Wildman–Crippen LogP) is 5.20. The van der Waals surface area contributed by atoms with E-state index in [1.165, 1.54) is 11.7 Å². The summed E-state index contributed by atoms with van der Waals surface area (Å²) in [7, 11) is 2.93. The Morgan fingerprint density at radius 1 is 1.09 bits per heavy atom. The monoisotopic (exact) mass is 476 g/mol. The fourth-order valence-electron chi connectivity index (χ4n) is 3.42. The van der Waals surface area contributed by atoms with Gasteiger partial charge in [-0.05, 0) is 53.8 Å². The number of carbonyl (C=O) groups excluding carboxylic acids is 1. The van der Waals surface area contributed by atoms with Crippen molar-refractivity contribution in [2.45, 2.75) is 19.5 Å². The summed E-state index contributed by atoms with van der Waals surface area (Å²) in [5.41, 5.74) is 2.31. The molecule has 1 aromatic heterocycles. The van der Waals surface area contributed by atoms with Crippen LogP contribution in [0, 0.1) is 0 Å². The second-order valence-corrected chi connectivity index (χ2v) is 8.10. The number of alkyl halides is 1. The number of amides is 1. The molecule has 0 saturated heterocycles. The zero-order chi connectivity index (χ0) is 23.3.